The first-order valence-corrected chi connectivity index (χ1v) is 10.8. The van der Waals surface area contributed by atoms with Gasteiger partial charge in [-0.25, -0.2) is 9.97 Å². The molecule has 2 aromatic rings. The molecular weight excluding hydrogens is 380 g/mol. The molecule has 0 atom stereocenters. The summed E-state index contributed by atoms with van der Waals surface area (Å²) < 4.78 is 4.94. The Balaban J connectivity index is 1.64. The number of nitrogens with zero attached hydrogens (tertiary/aromatic N) is 4. The minimum Gasteiger partial charge on any atom is -0.466 e. The standard InChI is InChI=1S/C23H28N4O3/c1-2-30-21(29)15-20(28)27-14-11-19-18(16-27)23(26-12-7-4-8-13-26)25-22(24-19)17-9-5-3-6-10-17/h3,5-6,9-10H,2,4,7-8,11-16H2,1H3. The summed E-state index contributed by atoms with van der Waals surface area (Å²) in [4.78, 5) is 38.3. The number of ether oxygens (including phenoxy) is 1. The molecule has 2 aliphatic rings. The maximum atomic E-state index is 12.6. The van der Waals surface area contributed by atoms with E-state index < -0.39 is 5.97 Å². The summed E-state index contributed by atoms with van der Waals surface area (Å²) in [6, 6.07) is 10.0. The minimum atomic E-state index is -0.472. The Bertz CT molecular complexity index is 910. The molecule has 0 saturated carbocycles. The summed E-state index contributed by atoms with van der Waals surface area (Å²) >= 11 is 0. The fourth-order valence-electron chi connectivity index (χ4n) is 4.14. The van der Waals surface area contributed by atoms with Gasteiger partial charge in [0.2, 0.25) is 5.91 Å². The Kier molecular flexibility index (Phi) is 6.26. The van der Waals surface area contributed by atoms with Crippen LogP contribution in [0.15, 0.2) is 30.3 Å². The summed E-state index contributed by atoms with van der Waals surface area (Å²) in [6.07, 6.45) is 3.97. The molecular formula is C23H28N4O3. The number of carbonyl (C=O) groups excluding carboxylic acids is 2. The third kappa shape index (κ3) is 4.45. The molecule has 1 aromatic heterocycles. The van der Waals surface area contributed by atoms with Crippen molar-refractivity contribution in [2.75, 3.05) is 31.1 Å². The molecule has 0 N–H and O–H groups in total. The minimum absolute atomic E-state index is 0.198. The molecule has 30 heavy (non-hydrogen) atoms. The Morgan fingerprint density at radius 3 is 2.53 bits per heavy atom. The smallest absolute Gasteiger partial charge is 0.315 e. The lowest BCUT2D eigenvalue weighted by Crippen LogP contribution is -2.40. The van der Waals surface area contributed by atoms with Crippen molar-refractivity contribution in [1.82, 2.24) is 14.9 Å². The molecule has 0 bridgehead atoms. The molecule has 0 radical (unpaired) electrons. The average Bonchev–Trinajstić information content (AvgIpc) is 2.79. The first kappa shape index (κ1) is 20.3. The van der Waals surface area contributed by atoms with E-state index in [0.717, 1.165) is 54.4 Å². The van der Waals surface area contributed by atoms with Gasteiger partial charge in [0.1, 0.15) is 12.2 Å². The second-order valence-corrected chi connectivity index (χ2v) is 7.76. The monoisotopic (exact) mass is 408 g/mol. The van der Waals surface area contributed by atoms with Crippen molar-refractivity contribution in [1.29, 1.82) is 0 Å². The molecule has 0 unspecified atom stereocenters. The van der Waals surface area contributed by atoms with Crippen LogP contribution in [0.1, 0.15) is 43.9 Å². The van der Waals surface area contributed by atoms with Crippen LogP contribution in [-0.2, 0) is 27.3 Å². The largest absolute Gasteiger partial charge is 0.466 e. The van der Waals surface area contributed by atoms with E-state index >= 15 is 0 Å². The van der Waals surface area contributed by atoms with E-state index in [1.807, 2.05) is 30.3 Å². The number of amides is 1. The molecule has 0 aliphatic carbocycles. The van der Waals surface area contributed by atoms with E-state index in [2.05, 4.69) is 4.90 Å². The molecule has 1 fully saturated rings. The number of aromatic nitrogens is 2. The van der Waals surface area contributed by atoms with Crippen LogP contribution in [-0.4, -0.2) is 53.0 Å². The van der Waals surface area contributed by atoms with Crippen LogP contribution in [0.3, 0.4) is 0 Å². The van der Waals surface area contributed by atoms with E-state index in [0.29, 0.717) is 19.5 Å². The fraction of sp³-hybridized carbons (Fsp3) is 0.478. The van der Waals surface area contributed by atoms with Crippen molar-refractivity contribution in [3.05, 3.63) is 41.6 Å². The lowest BCUT2D eigenvalue weighted by Gasteiger charge is -2.34. The van der Waals surface area contributed by atoms with Gasteiger partial charge in [0.25, 0.3) is 0 Å². The second kappa shape index (κ2) is 9.24. The van der Waals surface area contributed by atoms with Crippen molar-refractivity contribution < 1.29 is 14.3 Å². The number of benzene rings is 1. The van der Waals surface area contributed by atoms with Crippen molar-refractivity contribution in [3.63, 3.8) is 0 Å². The van der Waals surface area contributed by atoms with Gasteiger partial charge in [-0.1, -0.05) is 30.3 Å². The number of hydrogen-bond acceptors (Lipinski definition) is 6. The predicted molar refractivity (Wildman–Crippen MR) is 114 cm³/mol. The van der Waals surface area contributed by atoms with Crippen LogP contribution < -0.4 is 4.90 Å². The highest BCUT2D eigenvalue weighted by molar-refractivity contribution is 5.94. The zero-order valence-corrected chi connectivity index (χ0v) is 17.5. The zero-order valence-electron chi connectivity index (χ0n) is 17.5. The topological polar surface area (TPSA) is 75.6 Å². The summed E-state index contributed by atoms with van der Waals surface area (Å²) in [5.74, 6) is 1.00. The van der Waals surface area contributed by atoms with Gasteiger partial charge in [0.15, 0.2) is 5.82 Å². The number of esters is 1. The lowest BCUT2D eigenvalue weighted by atomic mass is 10.0. The van der Waals surface area contributed by atoms with Crippen LogP contribution in [0.2, 0.25) is 0 Å². The highest BCUT2D eigenvalue weighted by Gasteiger charge is 2.29. The van der Waals surface area contributed by atoms with Crippen LogP contribution in [0.4, 0.5) is 5.82 Å². The Hall–Kier alpha value is -2.96. The summed E-state index contributed by atoms with van der Waals surface area (Å²) in [6.45, 7) is 4.95. The van der Waals surface area contributed by atoms with Crippen LogP contribution in [0.25, 0.3) is 11.4 Å². The van der Waals surface area contributed by atoms with Crippen LogP contribution >= 0.6 is 0 Å². The molecule has 158 valence electrons. The molecule has 7 nitrogen and oxygen atoms in total. The molecule has 4 rings (SSSR count). The van der Waals surface area contributed by atoms with E-state index in [1.54, 1.807) is 11.8 Å². The van der Waals surface area contributed by atoms with Gasteiger partial charge in [0.05, 0.1) is 18.8 Å². The second-order valence-electron chi connectivity index (χ2n) is 7.76. The maximum Gasteiger partial charge on any atom is 0.315 e. The van der Waals surface area contributed by atoms with Gasteiger partial charge in [-0.15, -0.1) is 0 Å². The van der Waals surface area contributed by atoms with Gasteiger partial charge in [0, 0.05) is 37.2 Å². The van der Waals surface area contributed by atoms with Crippen molar-refractivity contribution in [2.45, 2.75) is 45.6 Å². The molecule has 1 saturated heterocycles. The first-order valence-electron chi connectivity index (χ1n) is 10.8. The van der Waals surface area contributed by atoms with E-state index in [4.69, 9.17) is 14.7 Å². The van der Waals surface area contributed by atoms with Gasteiger partial charge >= 0.3 is 5.97 Å². The highest BCUT2D eigenvalue weighted by atomic mass is 16.5. The Morgan fingerprint density at radius 1 is 1.03 bits per heavy atom. The van der Waals surface area contributed by atoms with Gasteiger partial charge in [-0.2, -0.15) is 0 Å². The van der Waals surface area contributed by atoms with Crippen molar-refractivity contribution in [2.24, 2.45) is 0 Å². The lowest BCUT2D eigenvalue weighted by molar-refractivity contribution is -0.148. The van der Waals surface area contributed by atoms with Crippen molar-refractivity contribution in [3.8, 4) is 11.4 Å². The van der Waals surface area contributed by atoms with E-state index in [9.17, 15) is 9.59 Å². The zero-order chi connectivity index (χ0) is 20.9. The molecule has 2 aliphatic heterocycles. The number of carbonyl (C=O) groups is 2. The summed E-state index contributed by atoms with van der Waals surface area (Å²) in [7, 11) is 0. The van der Waals surface area contributed by atoms with E-state index in [1.165, 1.54) is 6.42 Å². The van der Waals surface area contributed by atoms with Crippen molar-refractivity contribution >= 4 is 17.7 Å². The van der Waals surface area contributed by atoms with Crippen LogP contribution in [0, 0.1) is 0 Å². The van der Waals surface area contributed by atoms with Crippen LogP contribution in [0.5, 0.6) is 0 Å². The molecule has 1 aromatic carbocycles. The quantitative estimate of drug-likeness (QED) is 0.559. The normalized spacial score (nSPS) is 16.2. The van der Waals surface area contributed by atoms with Gasteiger partial charge < -0.3 is 14.5 Å². The summed E-state index contributed by atoms with van der Waals surface area (Å²) in [5.41, 5.74) is 3.02. The Labute approximate surface area is 177 Å². The fourth-order valence-corrected chi connectivity index (χ4v) is 4.14. The molecule has 3 heterocycles. The number of fused-ring (bicyclic) bond motifs is 1. The number of anilines is 1. The third-order valence-corrected chi connectivity index (χ3v) is 5.68. The van der Waals surface area contributed by atoms with Gasteiger partial charge in [-0.3, -0.25) is 9.59 Å². The first-order chi connectivity index (χ1) is 14.7. The summed E-state index contributed by atoms with van der Waals surface area (Å²) in [5, 5.41) is 0. The maximum absolute atomic E-state index is 12.6. The number of hydrogen-bond donors (Lipinski definition) is 0. The average molecular weight is 409 g/mol. The van der Waals surface area contributed by atoms with E-state index in [-0.39, 0.29) is 18.9 Å². The highest BCUT2D eigenvalue weighted by Crippen LogP contribution is 2.31. The van der Waals surface area contributed by atoms with Gasteiger partial charge in [-0.05, 0) is 26.2 Å². The Morgan fingerprint density at radius 2 is 1.80 bits per heavy atom. The predicted octanol–water partition coefficient (Wildman–Crippen LogP) is 2.97. The number of rotatable bonds is 5. The SMILES string of the molecule is CCOC(=O)CC(=O)N1CCc2nc(-c3ccccc3)nc(N3CCCCC3)c2C1. The third-order valence-electron chi connectivity index (χ3n) is 5.68. The number of piperidine rings is 1. The molecule has 1 amide bonds. The molecule has 7 heteroatoms. The molecule has 0 spiro atoms.